The third-order valence-corrected chi connectivity index (χ3v) is 4.78. The Morgan fingerprint density at radius 3 is 2.58 bits per heavy atom. The number of carbonyl (C=O) groups excluding carboxylic acids is 1. The fraction of sp³-hybridized carbons (Fsp3) is 0.353. The summed E-state index contributed by atoms with van der Waals surface area (Å²) in [6.07, 6.45) is 1.75. The Bertz CT molecular complexity index is 728. The Hall–Kier alpha value is -1.90. The van der Waals surface area contributed by atoms with Crippen LogP contribution in [-0.2, 0) is 0 Å². The van der Waals surface area contributed by atoms with Crippen LogP contribution in [0.1, 0.15) is 10.4 Å². The van der Waals surface area contributed by atoms with E-state index in [0.29, 0.717) is 13.1 Å². The van der Waals surface area contributed by atoms with Crippen LogP contribution in [0.3, 0.4) is 0 Å². The van der Waals surface area contributed by atoms with E-state index in [0.717, 1.165) is 33.7 Å². The summed E-state index contributed by atoms with van der Waals surface area (Å²) in [6.45, 7) is 2.92. The van der Waals surface area contributed by atoms with Crippen LogP contribution in [0.2, 0.25) is 0 Å². The van der Waals surface area contributed by atoms with Gasteiger partial charge in [0.15, 0.2) is 5.82 Å². The van der Waals surface area contributed by atoms with Gasteiger partial charge in [-0.25, -0.2) is 0 Å². The lowest BCUT2D eigenvalue weighted by Gasteiger charge is -2.35. The van der Waals surface area contributed by atoms with Crippen LogP contribution < -0.4 is 9.80 Å². The van der Waals surface area contributed by atoms with Crippen molar-refractivity contribution in [2.45, 2.75) is 0 Å². The maximum atomic E-state index is 12.6. The molecule has 0 atom stereocenters. The molecule has 0 N–H and O–H groups in total. The summed E-state index contributed by atoms with van der Waals surface area (Å²) in [5.41, 5.74) is 1.78. The molecule has 6 nitrogen and oxygen atoms in total. The lowest BCUT2D eigenvalue weighted by atomic mass is 10.2. The number of aromatic nitrogens is 2. The number of benzene rings is 1. The van der Waals surface area contributed by atoms with Crippen molar-refractivity contribution in [2.75, 3.05) is 50.1 Å². The Morgan fingerprint density at radius 2 is 1.92 bits per heavy atom. The van der Waals surface area contributed by atoms with Gasteiger partial charge in [0, 0.05) is 55.5 Å². The molecule has 126 valence electrons. The summed E-state index contributed by atoms with van der Waals surface area (Å²) in [4.78, 5) is 18.7. The van der Waals surface area contributed by atoms with Crippen LogP contribution in [0, 0.1) is 3.57 Å². The second kappa shape index (κ2) is 7.33. The van der Waals surface area contributed by atoms with Gasteiger partial charge >= 0.3 is 0 Å². The molecule has 3 rings (SSSR count). The van der Waals surface area contributed by atoms with Gasteiger partial charge in [0.2, 0.25) is 0 Å². The van der Waals surface area contributed by atoms with E-state index in [4.69, 9.17) is 0 Å². The number of halogens is 1. The molecule has 0 spiro atoms. The van der Waals surface area contributed by atoms with Gasteiger partial charge in [0.05, 0.1) is 11.9 Å². The van der Waals surface area contributed by atoms with E-state index in [2.05, 4.69) is 37.7 Å². The maximum absolute atomic E-state index is 12.6. The molecular formula is C17H20IN5O. The minimum Gasteiger partial charge on any atom is -0.376 e. The first-order valence-corrected chi connectivity index (χ1v) is 8.92. The SMILES string of the molecule is CN(C)c1cnnc(N2CCN(C(=O)c3cccc(I)c3)CC2)c1. The predicted molar refractivity (Wildman–Crippen MR) is 104 cm³/mol. The summed E-state index contributed by atoms with van der Waals surface area (Å²) in [5, 5.41) is 8.31. The third-order valence-electron chi connectivity index (χ3n) is 4.11. The largest absolute Gasteiger partial charge is 0.376 e. The van der Waals surface area contributed by atoms with E-state index in [1.54, 1.807) is 6.20 Å². The molecular weight excluding hydrogens is 417 g/mol. The molecule has 0 unspecified atom stereocenters. The van der Waals surface area contributed by atoms with Gasteiger partial charge in [-0.05, 0) is 40.8 Å². The first-order valence-electron chi connectivity index (χ1n) is 7.84. The van der Waals surface area contributed by atoms with Crippen LogP contribution >= 0.6 is 22.6 Å². The Morgan fingerprint density at radius 1 is 1.17 bits per heavy atom. The molecule has 7 heteroatoms. The number of anilines is 2. The zero-order valence-electron chi connectivity index (χ0n) is 13.8. The van der Waals surface area contributed by atoms with Gasteiger partial charge in [0.25, 0.3) is 5.91 Å². The van der Waals surface area contributed by atoms with Gasteiger partial charge in [-0.3, -0.25) is 4.79 Å². The molecule has 1 aromatic carbocycles. The normalized spacial score (nSPS) is 14.6. The summed E-state index contributed by atoms with van der Waals surface area (Å²) >= 11 is 2.23. The van der Waals surface area contributed by atoms with E-state index >= 15 is 0 Å². The molecule has 2 heterocycles. The van der Waals surface area contributed by atoms with E-state index in [9.17, 15) is 4.79 Å². The maximum Gasteiger partial charge on any atom is 0.254 e. The average molecular weight is 437 g/mol. The molecule has 0 saturated carbocycles. The zero-order valence-corrected chi connectivity index (χ0v) is 16.0. The summed E-state index contributed by atoms with van der Waals surface area (Å²) in [7, 11) is 3.97. The number of piperazine rings is 1. The molecule has 1 amide bonds. The van der Waals surface area contributed by atoms with Crippen molar-refractivity contribution < 1.29 is 4.79 Å². The van der Waals surface area contributed by atoms with E-state index < -0.39 is 0 Å². The second-order valence-corrected chi connectivity index (χ2v) is 7.20. The quantitative estimate of drug-likeness (QED) is 0.689. The van der Waals surface area contributed by atoms with Gasteiger partial charge in [-0.15, -0.1) is 5.10 Å². The highest BCUT2D eigenvalue weighted by atomic mass is 127. The standard InChI is InChI=1S/C17H20IN5O/c1-21(2)15-11-16(20-19-12-15)22-6-8-23(9-7-22)17(24)13-4-3-5-14(18)10-13/h3-5,10-12H,6-9H2,1-2H3. The van der Waals surface area contributed by atoms with Gasteiger partial charge < -0.3 is 14.7 Å². The van der Waals surface area contributed by atoms with Crippen LogP contribution in [-0.4, -0.2) is 61.3 Å². The molecule has 0 aliphatic carbocycles. The van der Waals surface area contributed by atoms with Gasteiger partial charge in [-0.2, -0.15) is 5.10 Å². The zero-order chi connectivity index (χ0) is 17.1. The highest BCUT2D eigenvalue weighted by Crippen LogP contribution is 2.19. The minimum absolute atomic E-state index is 0.0984. The molecule has 0 bridgehead atoms. The van der Waals surface area contributed by atoms with Crippen molar-refractivity contribution in [3.05, 3.63) is 45.7 Å². The van der Waals surface area contributed by atoms with Crippen molar-refractivity contribution in [1.29, 1.82) is 0 Å². The number of hydrogen-bond donors (Lipinski definition) is 0. The molecule has 1 aliphatic rings. The Labute approximate surface area is 155 Å². The summed E-state index contributed by atoms with van der Waals surface area (Å²) < 4.78 is 1.08. The van der Waals surface area contributed by atoms with Crippen LogP contribution in [0.15, 0.2) is 36.5 Å². The number of amides is 1. The number of carbonyl (C=O) groups is 1. The van der Waals surface area contributed by atoms with Crippen molar-refractivity contribution in [3.63, 3.8) is 0 Å². The van der Waals surface area contributed by atoms with Crippen LogP contribution in [0.5, 0.6) is 0 Å². The molecule has 2 aromatic rings. The van der Waals surface area contributed by atoms with E-state index in [1.165, 1.54) is 0 Å². The van der Waals surface area contributed by atoms with Crippen molar-refractivity contribution >= 4 is 40.0 Å². The fourth-order valence-electron chi connectivity index (χ4n) is 2.69. The molecule has 1 fully saturated rings. The smallest absolute Gasteiger partial charge is 0.254 e. The van der Waals surface area contributed by atoms with Crippen LogP contribution in [0.25, 0.3) is 0 Å². The highest BCUT2D eigenvalue weighted by Gasteiger charge is 2.23. The molecule has 24 heavy (non-hydrogen) atoms. The van der Waals surface area contributed by atoms with Gasteiger partial charge in [-0.1, -0.05) is 6.07 Å². The predicted octanol–water partition coefficient (Wildman–Crippen LogP) is 2.11. The minimum atomic E-state index is 0.0984. The van der Waals surface area contributed by atoms with E-state index in [-0.39, 0.29) is 5.91 Å². The Balaban J connectivity index is 1.65. The van der Waals surface area contributed by atoms with Gasteiger partial charge in [0.1, 0.15) is 0 Å². The third kappa shape index (κ3) is 3.77. The van der Waals surface area contributed by atoms with Crippen molar-refractivity contribution in [3.8, 4) is 0 Å². The summed E-state index contributed by atoms with van der Waals surface area (Å²) in [5.74, 6) is 0.962. The molecule has 1 aliphatic heterocycles. The monoisotopic (exact) mass is 437 g/mol. The number of rotatable bonds is 3. The van der Waals surface area contributed by atoms with Crippen LogP contribution in [0.4, 0.5) is 11.5 Å². The lowest BCUT2D eigenvalue weighted by molar-refractivity contribution is 0.0746. The molecule has 1 aromatic heterocycles. The molecule has 0 radical (unpaired) electrons. The summed E-state index contributed by atoms with van der Waals surface area (Å²) in [6, 6.07) is 9.76. The topological polar surface area (TPSA) is 52.6 Å². The molecule has 1 saturated heterocycles. The highest BCUT2D eigenvalue weighted by molar-refractivity contribution is 14.1. The first-order chi connectivity index (χ1) is 11.5. The average Bonchev–Trinajstić information content (AvgIpc) is 2.61. The first kappa shape index (κ1) is 16.9. The fourth-order valence-corrected chi connectivity index (χ4v) is 3.23. The lowest BCUT2D eigenvalue weighted by Crippen LogP contribution is -2.49. The number of nitrogens with zero attached hydrogens (tertiary/aromatic N) is 5. The van der Waals surface area contributed by atoms with Crippen molar-refractivity contribution in [1.82, 2.24) is 15.1 Å². The number of hydrogen-bond acceptors (Lipinski definition) is 5. The second-order valence-electron chi connectivity index (χ2n) is 5.96. The van der Waals surface area contributed by atoms with E-state index in [1.807, 2.05) is 54.2 Å². The Kier molecular flexibility index (Phi) is 5.17. The van der Waals surface area contributed by atoms with Crippen molar-refractivity contribution in [2.24, 2.45) is 0 Å².